The molecule has 0 radical (unpaired) electrons. The molecule has 1 aliphatic carbocycles. The van der Waals surface area contributed by atoms with Crippen molar-refractivity contribution >= 4 is 27.5 Å². The summed E-state index contributed by atoms with van der Waals surface area (Å²) in [5, 5.41) is 9.82. The van der Waals surface area contributed by atoms with Crippen LogP contribution < -0.4 is 10.5 Å². The third kappa shape index (κ3) is 5.50. The molecule has 1 saturated carbocycles. The van der Waals surface area contributed by atoms with E-state index < -0.39 is 16.1 Å². The second-order valence-corrected chi connectivity index (χ2v) is 8.36. The summed E-state index contributed by atoms with van der Waals surface area (Å²) in [6, 6.07) is 7.05. The van der Waals surface area contributed by atoms with Gasteiger partial charge in [0.05, 0.1) is 11.9 Å². The molecule has 0 aromatic heterocycles. The lowest BCUT2D eigenvalue weighted by Crippen LogP contribution is -2.46. The van der Waals surface area contributed by atoms with Gasteiger partial charge in [0.1, 0.15) is 0 Å². The van der Waals surface area contributed by atoms with E-state index in [0.29, 0.717) is 24.3 Å². The summed E-state index contributed by atoms with van der Waals surface area (Å²) in [6.45, 7) is 0. The molecule has 0 saturated heterocycles. The average Bonchev–Trinajstić information content (AvgIpc) is 2.41. The Morgan fingerprint density at radius 3 is 2.81 bits per heavy atom. The minimum atomic E-state index is -3.36. The Bertz CT molecular complexity index is 563. The van der Waals surface area contributed by atoms with Crippen molar-refractivity contribution in [2.75, 3.05) is 17.2 Å². The van der Waals surface area contributed by atoms with Crippen LogP contribution in [-0.2, 0) is 10.0 Å². The quantitative estimate of drug-likeness (QED) is 0.544. The van der Waals surface area contributed by atoms with Crippen molar-refractivity contribution in [2.45, 2.75) is 42.7 Å². The van der Waals surface area contributed by atoms with E-state index >= 15 is 0 Å². The van der Waals surface area contributed by atoms with E-state index in [1.54, 1.807) is 6.07 Å². The van der Waals surface area contributed by atoms with Gasteiger partial charge in [0.15, 0.2) is 0 Å². The van der Waals surface area contributed by atoms with Gasteiger partial charge in [-0.05, 0) is 31.0 Å². The standard InChI is InChI=1S/C14H22N2O3S2/c15-11-4-3-5-12(10-11)20-8-9-21(18,19)16-13-6-1-2-7-14(13)17/h3-5,10,13-14,16-17H,1-2,6-9,15H2/t13-,14-/m0/s1. The number of sulfonamides is 1. The number of nitrogens with one attached hydrogen (secondary N) is 1. The lowest BCUT2D eigenvalue weighted by Gasteiger charge is -2.28. The Morgan fingerprint density at radius 2 is 2.10 bits per heavy atom. The molecule has 4 N–H and O–H groups in total. The largest absolute Gasteiger partial charge is 0.399 e. The van der Waals surface area contributed by atoms with Crippen molar-refractivity contribution in [2.24, 2.45) is 0 Å². The number of aliphatic hydroxyl groups excluding tert-OH is 1. The number of thioether (sulfide) groups is 1. The van der Waals surface area contributed by atoms with E-state index in [0.717, 1.165) is 17.7 Å². The van der Waals surface area contributed by atoms with E-state index in [1.165, 1.54) is 11.8 Å². The molecule has 1 aromatic carbocycles. The van der Waals surface area contributed by atoms with E-state index in [4.69, 9.17) is 5.73 Å². The third-order valence-corrected chi connectivity index (χ3v) is 6.20. The maximum atomic E-state index is 12.0. The number of nitrogen functional groups attached to an aromatic ring is 1. The molecule has 0 unspecified atom stereocenters. The van der Waals surface area contributed by atoms with Crippen LogP contribution in [0.25, 0.3) is 0 Å². The van der Waals surface area contributed by atoms with E-state index in [-0.39, 0.29) is 11.8 Å². The van der Waals surface area contributed by atoms with Gasteiger partial charge in [-0.1, -0.05) is 18.9 Å². The van der Waals surface area contributed by atoms with Crippen molar-refractivity contribution in [1.29, 1.82) is 0 Å². The molecule has 0 heterocycles. The SMILES string of the molecule is Nc1cccc(SCCS(=O)(=O)N[C@H]2CCCC[C@@H]2O)c1. The molecule has 0 amide bonds. The molecule has 1 aromatic rings. The van der Waals surface area contributed by atoms with Crippen LogP contribution in [0.3, 0.4) is 0 Å². The molecule has 2 rings (SSSR count). The molecular weight excluding hydrogens is 308 g/mol. The van der Waals surface area contributed by atoms with E-state index in [1.807, 2.05) is 18.2 Å². The Balaban J connectivity index is 1.81. The summed E-state index contributed by atoms with van der Waals surface area (Å²) in [6.07, 6.45) is 2.75. The van der Waals surface area contributed by atoms with Gasteiger partial charge in [-0.3, -0.25) is 0 Å². The molecule has 2 atom stereocenters. The molecule has 5 nitrogen and oxygen atoms in total. The Labute approximate surface area is 130 Å². The Hall–Kier alpha value is -0.760. The van der Waals surface area contributed by atoms with Gasteiger partial charge in [-0.25, -0.2) is 13.1 Å². The highest BCUT2D eigenvalue weighted by Gasteiger charge is 2.26. The van der Waals surface area contributed by atoms with Gasteiger partial charge in [0.2, 0.25) is 10.0 Å². The fourth-order valence-corrected chi connectivity index (χ4v) is 5.11. The summed E-state index contributed by atoms with van der Waals surface area (Å²) >= 11 is 1.46. The van der Waals surface area contributed by atoms with Gasteiger partial charge >= 0.3 is 0 Å². The minimum Gasteiger partial charge on any atom is -0.399 e. The van der Waals surface area contributed by atoms with Crippen LogP contribution in [0.1, 0.15) is 25.7 Å². The minimum absolute atomic E-state index is 0.0374. The summed E-state index contributed by atoms with van der Waals surface area (Å²) in [7, 11) is -3.36. The van der Waals surface area contributed by atoms with Gasteiger partial charge < -0.3 is 10.8 Å². The number of nitrogens with two attached hydrogens (primary N) is 1. The van der Waals surface area contributed by atoms with Crippen molar-refractivity contribution in [1.82, 2.24) is 4.72 Å². The first-order chi connectivity index (χ1) is 9.96. The second-order valence-electron chi connectivity index (χ2n) is 5.32. The van der Waals surface area contributed by atoms with Crippen molar-refractivity contribution in [3.63, 3.8) is 0 Å². The summed E-state index contributed by atoms with van der Waals surface area (Å²) < 4.78 is 26.7. The van der Waals surface area contributed by atoms with Gasteiger partial charge in [-0.2, -0.15) is 0 Å². The maximum absolute atomic E-state index is 12.0. The zero-order valence-electron chi connectivity index (χ0n) is 11.9. The van der Waals surface area contributed by atoms with Crippen LogP contribution in [0.2, 0.25) is 0 Å². The number of anilines is 1. The lowest BCUT2D eigenvalue weighted by molar-refractivity contribution is 0.101. The highest BCUT2D eigenvalue weighted by Crippen LogP contribution is 2.21. The maximum Gasteiger partial charge on any atom is 0.212 e. The molecule has 1 fully saturated rings. The van der Waals surface area contributed by atoms with Crippen LogP contribution in [0.5, 0.6) is 0 Å². The fourth-order valence-electron chi connectivity index (χ4n) is 2.41. The first kappa shape index (κ1) is 16.6. The van der Waals surface area contributed by atoms with Crippen molar-refractivity contribution in [3.05, 3.63) is 24.3 Å². The van der Waals surface area contributed by atoms with Crippen molar-refractivity contribution < 1.29 is 13.5 Å². The number of aliphatic hydroxyl groups is 1. The highest BCUT2D eigenvalue weighted by atomic mass is 32.2. The molecule has 118 valence electrons. The first-order valence-corrected chi connectivity index (χ1v) is 9.76. The molecule has 0 bridgehead atoms. The van der Waals surface area contributed by atoms with Crippen LogP contribution in [0, 0.1) is 0 Å². The van der Waals surface area contributed by atoms with Crippen LogP contribution in [-0.4, -0.2) is 37.2 Å². The van der Waals surface area contributed by atoms with Gasteiger partial charge in [0.25, 0.3) is 0 Å². The first-order valence-electron chi connectivity index (χ1n) is 7.13. The molecule has 21 heavy (non-hydrogen) atoms. The van der Waals surface area contributed by atoms with Crippen LogP contribution in [0.4, 0.5) is 5.69 Å². The van der Waals surface area contributed by atoms with Gasteiger partial charge in [-0.15, -0.1) is 11.8 Å². The molecular formula is C14H22N2O3S2. The smallest absolute Gasteiger partial charge is 0.212 e. The summed E-state index contributed by atoms with van der Waals surface area (Å²) in [5.41, 5.74) is 6.36. The fraction of sp³-hybridized carbons (Fsp3) is 0.571. The monoisotopic (exact) mass is 330 g/mol. The number of hydrogen-bond acceptors (Lipinski definition) is 5. The predicted molar refractivity (Wildman–Crippen MR) is 86.8 cm³/mol. The zero-order valence-corrected chi connectivity index (χ0v) is 13.5. The highest BCUT2D eigenvalue weighted by molar-refractivity contribution is 8.00. The zero-order chi connectivity index (χ0) is 15.3. The topological polar surface area (TPSA) is 92.4 Å². The van der Waals surface area contributed by atoms with Crippen LogP contribution >= 0.6 is 11.8 Å². The van der Waals surface area contributed by atoms with Crippen LogP contribution in [0.15, 0.2) is 29.2 Å². The van der Waals surface area contributed by atoms with Gasteiger partial charge in [0, 0.05) is 22.4 Å². The summed E-state index contributed by atoms with van der Waals surface area (Å²) in [4.78, 5) is 0.961. The predicted octanol–water partition coefficient (Wildman–Crippen LogP) is 1.58. The number of rotatable bonds is 6. The van der Waals surface area contributed by atoms with E-state index in [2.05, 4.69) is 4.72 Å². The number of hydrogen-bond donors (Lipinski definition) is 3. The second kappa shape index (κ2) is 7.49. The molecule has 0 spiro atoms. The van der Waals surface area contributed by atoms with Crippen molar-refractivity contribution in [3.8, 4) is 0 Å². The molecule has 7 heteroatoms. The Morgan fingerprint density at radius 1 is 1.33 bits per heavy atom. The Kier molecular flexibility index (Phi) is 5.92. The summed E-state index contributed by atoms with van der Waals surface area (Å²) in [5.74, 6) is 0.497. The number of benzene rings is 1. The molecule has 1 aliphatic rings. The third-order valence-electron chi connectivity index (χ3n) is 3.54. The lowest BCUT2D eigenvalue weighted by atomic mass is 9.93. The van der Waals surface area contributed by atoms with E-state index in [9.17, 15) is 13.5 Å². The normalized spacial score (nSPS) is 23.1. The average molecular weight is 330 g/mol. The molecule has 0 aliphatic heterocycles.